The van der Waals surface area contributed by atoms with Gasteiger partial charge >= 0.3 is 0 Å². The maximum Gasteiger partial charge on any atom is 0.184 e. The third kappa shape index (κ3) is 3.46. The van der Waals surface area contributed by atoms with Crippen LogP contribution in [0.5, 0.6) is 0 Å². The molecule has 1 saturated heterocycles. The fraction of sp³-hybridized carbons (Fsp3) is 0.909. The van der Waals surface area contributed by atoms with Crippen LogP contribution in [0.2, 0.25) is 0 Å². The molecule has 0 bridgehead atoms. The molecule has 0 unspecified atom stereocenters. The van der Waals surface area contributed by atoms with Crippen molar-refractivity contribution in [2.24, 2.45) is 0 Å². The summed E-state index contributed by atoms with van der Waals surface area (Å²) in [5.74, 6) is -0.425. The second-order valence-electron chi connectivity index (χ2n) is 5.23. The maximum atomic E-state index is 11.2. The zero-order valence-electron chi connectivity index (χ0n) is 10.5. The van der Waals surface area contributed by atoms with Crippen LogP contribution in [-0.4, -0.2) is 57.4 Å². The van der Waals surface area contributed by atoms with Crippen molar-refractivity contribution in [1.82, 2.24) is 0 Å². The van der Waals surface area contributed by atoms with E-state index in [2.05, 4.69) is 0 Å². The Hall–Kier alpha value is -0.530. The molecule has 6 nitrogen and oxygen atoms in total. The van der Waals surface area contributed by atoms with Crippen LogP contribution in [0.4, 0.5) is 0 Å². The molecule has 0 saturated carbocycles. The molecular weight excluding hydrogens is 228 g/mol. The summed E-state index contributed by atoms with van der Waals surface area (Å²) in [4.78, 5) is 11.2. The second-order valence-corrected chi connectivity index (χ2v) is 5.23. The minimum absolute atomic E-state index is 0.425. The Labute approximate surface area is 100 Å². The average Bonchev–Trinajstić information content (AvgIpc) is 2.16. The van der Waals surface area contributed by atoms with Gasteiger partial charge in [0.05, 0.1) is 5.60 Å². The van der Waals surface area contributed by atoms with Crippen molar-refractivity contribution in [3.8, 4) is 0 Å². The van der Waals surface area contributed by atoms with Crippen molar-refractivity contribution in [2.45, 2.75) is 64.0 Å². The van der Waals surface area contributed by atoms with Crippen LogP contribution in [0, 0.1) is 0 Å². The zero-order chi connectivity index (χ0) is 13.4. The van der Waals surface area contributed by atoms with Crippen LogP contribution < -0.4 is 0 Å². The van der Waals surface area contributed by atoms with Crippen molar-refractivity contribution >= 4 is 5.78 Å². The number of aliphatic hydroxyl groups is 3. The molecule has 5 atom stereocenters. The monoisotopic (exact) mass is 248 g/mol. The highest BCUT2D eigenvalue weighted by atomic mass is 16.6. The van der Waals surface area contributed by atoms with E-state index >= 15 is 0 Å². The average molecular weight is 248 g/mol. The van der Waals surface area contributed by atoms with Gasteiger partial charge in [-0.2, -0.15) is 0 Å². The number of ether oxygens (including phenoxy) is 2. The fourth-order valence-corrected chi connectivity index (χ4v) is 1.73. The number of ketones is 1. The molecule has 1 heterocycles. The molecule has 0 aromatic carbocycles. The Bertz CT molecular complexity index is 284. The molecule has 1 rings (SSSR count). The Morgan fingerprint density at radius 2 is 1.71 bits per heavy atom. The minimum atomic E-state index is -1.54. The number of aliphatic hydroxyl groups excluding tert-OH is 3. The van der Waals surface area contributed by atoms with E-state index in [0.717, 1.165) is 0 Å². The van der Waals surface area contributed by atoms with Crippen LogP contribution in [0.1, 0.15) is 27.7 Å². The molecule has 0 amide bonds. The number of Topliss-reactive ketones (excluding diaryl/α,β-unsaturated/α-hetero) is 1. The molecule has 1 fully saturated rings. The lowest BCUT2D eigenvalue weighted by Crippen LogP contribution is -2.61. The highest BCUT2D eigenvalue weighted by Gasteiger charge is 2.47. The molecular formula is C11H20O6. The lowest BCUT2D eigenvalue weighted by Gasteiger charge is -2.42. The molecule has 0 aliphatic carbocycles. The van der Waals surface area contributed by atoms with E-state index < -0.39 is 42.1 Å². The van der Waals surface area contributed by atoms with Gasteiger partial charge in [-0.15, -0.1) is 0 Å². The van der Waals surface area contributed by atoms with Gasteiger partial charge < -0.3 is 24.8 Å². The first-order valence-corrected chi connectivity index (χ1v) is 5.51. The van der Waals surface area contributed by atoms with Crippen molar-refractivity contribution in [1.29, 1.82) is 0 Å². The molecule has 17 heavy (non-hydrogen) atoms. The van der Waals surface area contributed by atoms with Crippen LogP contribution in [0.25, 0.3) is 0 Å². The van der Waals surface area contributed by atoms with Gasteiger partial charge in [0.15, 0.2) is 12.1 Å². The third-order valence-electron chi connectivity index (χ3n) is 2.45. The van der Waals surface area contributed by atoms with E-state index in [1.807, 2.05) is 0 Å². The lowest BCUT2D eigenvalue weighted by molar-refractivity contribution is -0.295. The summed E-state index contributed by atoms with van der Waals surface area (Å²) in [6.45, 7) is 6.48. The number of rotatable bonds is 2. The van der Waals surface area contributed by atoms with Gasteiger partial charge in [0.25, 0.3) is 0 Å². The number of hydrogen-bond acceptors (Lipinski definition) is 6. The normalized spacial score (nSPS) is 39.1. The van der Waals surface area contributed by atoms with Crippen LogP contribution in [0.15, 0.2) is 0 Å². The summed E-state index contributed by atoms with van der Waals surface area (Å²) >= 11 is 0. The number of carbonyl (C=O) groups excluding carboxylic acids is 1. The standard InChI is InChI=1S/C11H20O6/c1-5(12)8-6(13)9(17-11(2,3)4)7(14)10(15)16-8/h6-10,13-15H,1-4H3/t6-,7-,8-,9+,10-/m1/s1. The highest BCUT2D eigenvalue weighted by Crippen LogP contribution is 2.26. The molecule has 1 aliphatic rings. The SMILES string of the molecule is CC(=O)[C@H]1O[C@@H](O)[C@H](O)[C@@H](OC(C)(C)C)[C@@H]1O. The quantitative estimate of drug-likeness (QED) is 0.592. The molecule has 0 spiro atoms. The Morgan fingerprint density at radius 1 is 1.18 bits per heavy atom. The van der Waals surface area contributed by atoms with Gasteiger partial charge in [-0.3, -0.25) is 4.79 Å². The molecule has 0 radical (unpaired) electrons. The smallest absolute Gasteiger partial charge is 0.184 e. The lowest BCUT2D eigenvalue weighted by atomic mass is 9.95. The predicted octanol–water partition coefficient (Wildman–Crippen LogP) is -0.802. The fourth-order valence-electron chi connectivity index (χ4n) is 1.73. The first kappa shape index (κ1) is 14.5. The van der Waals surface area contributed by atoms with Crippen molar-refractivity contribution in [3.63, 3.8) is 0 Å². The van der Waals surface area contributed by atoms with Gasteiger partial charge in [-0.1, -0.05) is 0 Å². The van der Waals surface area contributed by atoms with Crippen LogP contribution in [0.3, 0.4) is 0 Å². The first-order valence-electron chi connectivity index (χ1n) is 5.51. The number of carbonyl (C=O) groups is 1. The maximum absolute atomic E-state index is 11.2. The minimum Gasteiger partial charge on any atom is -0.387 e. The molecule has 3 N–H and O–H groups in total. The van der Waals surface area contributed by atoms with Gasteiger partial charge in [0.1, 0.15) is 24.4 Å². The zero-order valence-corrected chi connectivity index (χ0v) is 10.5. The van der Waals surface area contributed by atoms with Crippen LogP contribution >= 0.6 is 0 Å². The second kappa shape index (κ2) is 4.99. The topological polar surface area (TPSA) is 96.2 Å². The summed E-state index contributed by atoms with van der Waals surface area (Å²) < 4.78 is 10.3. The van der Waals surface area contributed by atoms with Crippen molar-refractivity contribution < 1.29 is 29.6 Å². The molecule has 6 heteroatoms. The summed E-state index contributed by atoms with van der Waals surface area (Å²) in [5, 5.41) is 29.1. The van der Waals surface area contributed by atoms with E-state index in [0.29, 0.717) is 0 Å². The van der Waals surface area contributed by atoms with Crippen LogP contribution in [-0.2, 0) is 14.3 Å². The Balaban J connectivity index is 2.87. The number of hydrogen-bond donors (Lipinski definition) is 3. The summed E-state index contributed by atoms with van der Waals surface area (Å²) in [6, 6.07) is 0. The highest BCUT2D eigenvalue weighted by molar-refractivity contribution is 5.81. The molecule has 1 aliphatic heterocycles. The van der Waals surface area contributed by atoms with Crippen molar-refractivity contribution in [2.75, 3.05) is 0 Å². The van der Waals surface area contributed by atoms with Gasteiger partial charge in [0, 0.05) is 0 Å². The molecule has 100 valence electrons. The summed E-state index contributed by atoms with van der Waals surface area (Å²) in [5.41, 5.74) is -0.620. The van der Waals surface area contributed by atoms with E-state index in [1.165, 1.54) is 6.92 Å². The summed E-state index contributed by atoms with van der Waals surface area (Å²) in [6.07, 6.45) is -6.47. The predicted molar refractivity (Wildman–Crippen MR) is 58.2 cm³/mol. The Morgan fingerprint density at radius 3 is 2.12 bits per heavy atom. The van der Waals surface area contributed by atoms with E-state index in [4.69, 9.17) is 9.47 Å². The van der Waals surface area contributed by atoms with E-state index in [1.54, 1.807) is 20.8 Å². The molecule has 0 aromatic rings. The van der Waals surface area contributed by atoms with Crippen molar-refractivity contribution in [3.05, 3.63) is 0 Å². The van der Waals surface area contributed by atoms with E-state index in [-0.39, 0.29) is 0 Å². The third-order valence-corrected chi connectivity index (χ3v) is 2.45. The first-order chi connectivity index (χ1) is 7.63. The summed E-state index contributed by atoms with van der Waals surface area (Å²) in [7, 11) is 0. The Kier molecular flexibility index (Phi) is 4.27. The van der Waals surface area contributed by atoms with Gasteiger partial charge in [0.2, 0.25) is 0 Å². The molecule has 0 aromatic heterocycles. The van der Waals surface area contributed by atoms with Gasteiger partial charge in [-0.25, -0.2) is 0 Å². The van der Waals surface area contributed by atoms with E-state index in [9.17, 15) is 20.1 Å². The largest absolute Gasteiger partial charge is 0.387 e. The van der Waals surface area contributed by atoms with Gasteiger partial charge in [-0.05, 0) is 27.7 Å².